The lowest BCUT2D eigenvalue weighted by atomic mass is 10.2. The molecule has 4 aromatic rings. The van der Waals surface area contributed by atoms with E-state index in [1.54, 1.807) is 0 Å². The van der Waals surface area contributed by atoms with Crippen LogP contribution in [0.15, 0.2) is 91.0 Å². The van der Waals surface area contributed by atoms with Crippen LogP contribution in [0.2, 0.25) is 0 Å². The summed E-state index contributed by atoms with van der Waals surface area (Å²) in [6.45, 7) is 0. The molecule has 0 bridgehead atoms. The van der Waals surface area contributed by atoms with Crippen molar-refractivity contribution in [3.8, 4) is 10.4 Å². The van der Waals surface area contributed by atoms with Gasteiger partial charge in [-0.15, -0.1) is 11.3 Å². The minimum atomic E-state index is 0.822. The molecule has 0 amide bonds. The number of rotatable bonds is 1. The summed E-state index contributed by atoms with van der Waals surface area (Å²) in [5.41, 5.74) is 7.48. The van der Waals surface area contributed by atoms with Gasteiger partial charge in [0.25, 0.3) is 0 Å². The standard InChI is InChI=1S/C14H10S.C6H7N/c1-2-6-11(7-3-1)14-10-12-8-4-5-9-13(12)15-14;7-6-4-2-1-3-5-6/h1-10H;1-5H,7H2. The highest BCUT2D eigenvalue weighted by Crippen LogP contribution is 2.32. The van der Waals surface area contributed by atoms with Crippen molar-refractivity contribution in [1.82, 2.24) is 0 Å². The minimum absolute atomic E-state index is 0.822. The molecule has 0 spiro atoms. The zero-order valence-electron chi connectivity index (χ0n) is 12.1. The predicted molar refractivity (Wildman–Crippen MR) is 98.1 cm³/mol. The lowest BCUT2D eigenvalue weighted by Crippen LogP contribution is -1.79. The van der Waals surface area contributed by atoms with Crippen LogP contribution >= 0.6 is 11.3 Å². The van der Waals surface area contributed by atoms with E-state index in [4.69, 9.17) is 5.73 Å². The maximum Gasteiger partial charge on any atom is 0.0355 e. The molecule has 1 nitrogen and oxygen atoms in total. The maximum atomic E-state index is 5.36. The predicted octanol–water partition coefficient (Wildman–Crippen LogP) is 5.84. The average molecular weight is 303 g/mol. The SMILES string of the molecule is Nc1ccccc1.c1ccc(-c2cc3ccccc3s2)cc1. The summed E-state index contributed by atoms with van der Waals surface area (Å²) in [7, 11) is 0. The van der Waals surface area contributed by atoms with Gasteiger partial charge in [-0.05, 0) is 35.2 Å². The van der Waals surface area contributed by atoms with Gasteiger partial charge in [-0.2, -0.15) is 0 Å². The maximum absolute atomic E-state index is 5.36. The molecule has 0 saturated heterocycles. The van der Waals surface area contributed by atoms with E-state index in [2.05, 4.69) is 60.7 Å². The van der Waals surface area contributed by atoms with Gasteiger partial charge in [-0.3, -0.25) is 0 Å². The Labute approximate surface area is 134 Å². The van der Waals surface area contributed by atoms with E-state index in [0.717, 1.165) is 5.69 Å². The van der Waals surface area contributed by atoms with E-state index in [9.17, 15) is 0 Å². The van der Waals surface area contributed by atoms with Gasteiger partial charge in [0.1, 0.15) is 0 Å². The monoisotopic (exact) mass is 303 g/mol. The molecule has 0 unspecified atom stereocenters. The highest BCUT2D eigenvalue weighted by molar-refractivity contribution is 7.22. The Morgan fingerprint density at radius 3 is 1.82 bits per heavy atom. The van der Waals surface area contributed by atoms with E-state index in [1.807, 2.05) is 41.7 Å². The number of thiophene rings is 1. The van der Waals surface area contributed by atoms with Crippen LogP contribution in [0.1, 0.15) is 0 Å². The van der Waals surface area contributed by atoms with Gasteiger partial charge in [0.2, 0.25) is 0 Å². The van der Waals surface area contributed by atoms with Gasteiger partial charge in [-0.25, -0.2) is 0 Å². The fourth-order valence-electron chi connectivity index (χ4n) is 2.18. The summed E-state index contributed by atoms with van der Waals surface area (Å²) >= 11 is 1.85. The number of fused-ring (bicyclic) bond motifs is 1. The summed E-state index contributed by atoms with van der Waals surface area (Å²) in [6.07, 6.45) is 0. The van der Waals surface area contributed by atoms with Crippen LogP contribution in [-0.2, 0) is 0 Å². The van der Waals surface area contributed by atoms with Gasteiger partial charge >= 0.3 is 0 Å². The molecule has 3 aromatic carbocycles. The fourth-order valence-corrected chi connectivity index (χ4v) is 3.25. The third-order valence-electron chi connectivity index (χ3n) is 3.28. The van der Waals surface area contributed by atoms with Crippen molar-refractivity contribution >= 4 is 27.1 Å². The minimum Gasteiger partial charge on any atom is -0.399 e. The summed E-state index contributed by atoms with van der Waals surface area (Å²) in [5.74, 6) is 0. The quantitative estimate of drug-likeness (QED) is 0.439. The number of hydrogen-bond acceptors (Lipinski definition) is 2. The zero-order chi connectivity index (χ0) is 15.2. The number of nitrogen functional groups attached to an aromatic ring is 1. The Balaban J connectivity index is 0.000000174. The first-order valence-electron chi connectivity index (χ1n) is 7.17. The molecule has 0 fully saturated rings. The van der Waals surface area contributed by atoms with Gasteiger partial charge < -0.3 is 5.73 Å². The highest BCUT2D eigenvalue weighted by atomic mass is 32.1. The molecule has 1 heterocycles. The normalized spacial score (nSPS) is 10.0. The van der Waals surface area contributed by atoms with Gasteiger partial charge in [0.05, 0.1) is 0 Å². The van der Waals surface area contributed by atoms with E-state index < -0.39 is 0 Å². The van der Waals surface area contributed by atoms with Crippen molar-refractivity contribution < 1.29 is 0 Å². The summed E-state index contributed by atoms with van der Waals surface area (Å²) in [5, 5.41) is 1.33. The van der Waals surface area contributed by atoms with E-state index in [1.165, 1.54) is 20.5 Å². The fraction of sp³-hybridized carbons (Fsp3) is 0. The van der Waals surface area contributed by atoms with Gasteiger partial charge in [-0.1, -0.05) is 66.7 Å². The molecule has 0 aliphatic heterocycles. The van der Waals surface area contributed by atoms with Crippen LogP contribution in [0.4, 0.5) is 5.69 Å². The van der Waals surface area contributed by atoms with Crippen molar-refractivity contribution in [2.75, 3.05) is 5.73 Å². The lowest BCUT2D eigenvalue weighted by Gasteiger charge is -1.93. The van der Waals surface area contributed by atoms with E-state index >= 15 is 0 Å². The molecule has 4 rings (SSSR count). The molecule has 0 radical (unpaired) electrons. The molecule has 0 aliphatic carbocycles. The van der Waals surface area contributed by atoms with Gasteiger partial charge in [0, 0.05) is 15.3 Å². The van der Waals surface area contributed by atoms with Crippen LogP contribution in [0.3, 0.4) is 0 Å². The second-order valence-electron chi connectivity index (χ2n) is 4.93. The molecule has 2 heteroatoms. The van der Waals surface area contributed by atoms with Gasteiger partial charge in [0.15, 0.2) is 0 Å². The molecule has 2 N–H and O–H groups in total. The van der Waals surface area contributed by atoms with E-state index in [-0.39, 0.29) is 0 Å². The summed E-state index contributed by atoms with van der Waals surface area (Å²) in [4.78, 5) is 1.34. The number of benzene rings is 3. The number of anilines is 1. The summed E-state index contributed by atoms with van der Waals surface area (Å²) in [6, 6.07) is 30.8. The number of nitrogens with two attached hydrogens (primary N) is 1. The molecule has 0 saturated carbocycles. The highest BCUT2D eigenvalue weighted by Gasteiger charge is 2.02. The third-order valence-corrected chi connectivity index (χ3v) is 4.45. The topological polar surface area (TPSA) is 26.0 Å². The Morgan fingerprint density at radius 2 is 1.23 bits per heavy atom. The Bertz CT molecular complexity index is 802. The van der Waals surface area contributed by atoms with E-state index in [0.29, 0.717) is 0 Å². The van der Waals surface area contributed by atoms with Crippen molar-refractivity contribution in [2.45, 2.75) is 0 Å². The second kappa shape index (κ2) is 6.92. The summed E-state index contributed by atoms with van der Waals surface area (Å²) < 4.78 is 1.36. The first kappa shape index (κ1) is 14.4. The van der Waals surface area contributed by atoms with Crippen LogP contribution in [-0.4, -0.2) is 0 Å². The van der Waals surface area contributed by atoms with Crippen LogP contribution < -0.4 is 5.73 Å². The van der Waals surface area contributed by atoms with Crippen molar-refractivity contribution in [3.05, 3.63) is 91.0 Å². The Morgan fingerprint density at radius 1 is 0.636 bits per heavy atom. The van der Waals surface area contributed by atoms with Crippen molar-refractivity contribution in [3.63, 3.8) is 0 Å². The number of para-hydroxylation sites is 1. The first-order chi connectivity index (χ1) is 10.8. The van der Waals surface area contributed by atoms with Crippen LogP contribution in [0.25, 0.3) is 20.5 Å². The third kappa shape index (κ3) is 3.54. The Hall–Kier alpha value is -2.58. The van der Waals surface area contributed by atoms with Crippen LogP contribution in [0.5, 0.6) is 0 Å². The largest absolute Gasteiger partial charge is 0.399 e. The van der Waals surface area contributed by atoms with Crippen molar-refractivity contribution in [1.29, 1.82) is 0 Å². The molecule has 0 aliphatic rings. The average Bonchev–Trinajstić information content (AvgIpc) is 3.01. The van der Waals surface area contributed by atoms with Crippen molar-refractivity contribution in [2.24, 2.45) is 0 Å². The first-order valence-corrected chi connectivity index (χ1v) is 7.99. The number of hydrogen-bond donors (Lipinski definition) is 1. The molecule has 0 atom stereocenters. The van der Waals surface area contributed by atoms with Crippen LogP contribution in [0, 0.1) is 0 Å². The lowest BCUT2D eigenvalue weighted by molar-refractivity contribution is 1.69. The second-order valence-corrected chi connectivity index (χ2v) is 6.01. The molecule has 22 heavy (non-hydrogen) atoms. The molecular weight excluding hydrogens is 286 g/mol. The molecular formula is C20H17NS. The Kier molecular flexibility index (Phi) is 4.52. The smallest absolute Gasteiger partial charge is 0.0355 e. The molecule has 108 valence electrons. The molecule has 1 aromatic heterocycles. The zero-order valence-corrected chi connectivity index (χ0v) is 13.0.